The van der Waals surface area contributed by atoms with E-state index in [1.54, 1.807) is 0 Å². The van der Waals surface area contributed by atoms with E-state index < -0.39 is 18.0 Å². The first-order chi connectivity index (χ1) is 9.85. The zero-order valence-corrected chi connectivity index (χ0v) is 10.5. The van der Waals surface area contributed by atoms with Gasteiger partial charge in [-0.2, -0.15) is 0 Å². The first-order valence-corrected chi connectivity index (χ1v) is 5.88. The molecule has 0 aromatic heterocycles. The largest absolute Gasteiger partial charge is 0.573 e. The van der Waals surface area contributed by atoms with E-state index in [9.17, 15) is 22.0 Å². The lowest BCUT2D eigenvalue weighted by Gasteiger charge is -2.11. The fourth-order valence-electron chi connectivity index (χ4n) is 1.67. The average molecular weight is 303 g/mol. The van der Waals surface area contributed by atoms with Gasteiger partial charge in [-0.15, -0.1) is 13.2 Å². The number of ether oxygens (including phenoxy) is 1. The Bertz CT molecular complexity index is 590. The number of nitrogens with one attached hydrogen (secondary N) is 1. The van der Waals surface area contributed by atoms with Gasteiger partial charge in [0.25, 0.3) is 0 Å². The number of anilines is 1. The summed E-state index contributed by atoms with van der Waals surface area (Å²) in [6.07, 6.45) is -4.75. The Labute approximate surface area is 117 Å². The van der Waals surface area contributed by atoms with Crippen LogP contribution < -0.4 is 10.1 Å². The molecule has 0 aliphatic heterocycles. The fourth-order valence-corrected chi connectivity index (χ4v) is 1.67. The highest BCUT2D eigenvalue weighted by atomic mass is 19.4. The molecule has 0 aliphatic carbocycles. The number of benzene rings is 2. The van der Waals surface area contributed by atoms with Crippen LogP contribution in [0.3, 0.4) is 0 Å². The third kappa shape index (κ3) is 4.34. The monoisotopic (exact) mass is 303 g/mol. The summed E-state index contributed by atoms with van der Waals surface area (Å²) in [6, 6.07) is 8.43. The number of alkyl halides is 3. The van der Waals surface area contributed by atoms with Crippen LogP contribution in [0.2, 0.25) is 0 Å². The predicted octanol–water partition coefficient (Wildman–Crippen LogP) is 4.48. The molecule has 1 N–H and O–H groups in total. The number of hydrogen-bond donors (Lipinski definition) is 1. The molecule has 112 valence electrons. The minimum absolute atomic E-state index is 0.0597. The molecular weight excluding hydrogens is 293 g/mol. The zero-order chi connectivity index (χ0) is 15.5. The molecular formula is C14H10F5NO. The van der Waals surface area contributed by atoms with E-state index in [1.807, 2.05) is 0 Å². The maximum absolute atomic E-state index is 13.4. The van der Waals surface area contributed by atoms with E-state index >= 15 is 0 Å². The smallest absolute Gasteiger partial charge is 0.406 e. The van der Waals surface area contributed by atoms with E-state index in [2.05, 4.69) is 10.1 Å². The van der Waals surface area contributed by atoms with Crippen LogP contribution >= 0.6 is 0 Å². The molecule has 7 heteroatoms. The third-order valence-corrected chi connectivity index (χ3v) is 2.59. The summed E-state index contributed by atoms with van der Waals surface area (Å²) in [7, 11) is 0. The van der Waals surface area contributed by atoms with Crippen molar-refractivity contribution >= 4 is 5.69 Å². The molecule has 0 bridgehead atoms. The van der Waals surface area contributed by atoms with Gasteiger partial charge in [0.2, 0.25) is 0 Å². The van der Waals surface area contributed by atoms with Crippen LogP contribution in [0.15, 0.2) is 42.5 Å². The van der Waals surface area contributed by atoms with Gasteiger partial charge in [0.05, 0.1) is 0 Å². The van der Waals surface area contributed by atoms with E-state index in [1.165, 1.54) is 18.2 Å². The summed E-state index contributed by atoms with van der Waals surface area (Å²) < 4.78 is 66.4. The Morgan fingerprint density at radius 2 is 1.48 bits per heavy atom. The van der Waals surface area contributed by atoms with Gasteiger partial charge in [0, 0.05) is 6.54 Å². The zero-order valence-electron chi connectivity index (χ0n) is 10.5. The third-order valence-electron chi connectivity index (χ3n) is 2.59. The van der Waals surface area contributed by atoms with Crippen molar-refractivity contribution in [2.75, 3.05) is 5.32 Å². The molecule has 0 fully saturated rings. The number of hydrogen-bond acceptors (Lipinski definition) is 2. The van der Waals surface area contributed by atoms with E-state index in [0.29, 0.717) is 5.56 Å². The molecule has 21 heavy (non-hydrogen) atoms. The van der Waals surface area contributed by atoms with Crippen molar-refractivity contribution < 1.29 is 26.7 Å². The maximum atomic E-state index is 13.4. The predicted molar refractivity (Wildman–Crippen MR) is 66.8 cm³/mol. The van der Waals surface area contributed by atoms with Crippen molar-refractivity contribution in [2.24, 2.45) is 0 Å². The maximum Gasteiger partial charge on any atom is 0.573 e. The molecule has 0 heterocycles. The Kier molecular flexibility index (Phi) is 4.30. The summed E-state index contributed by atoms with van der Waals surface area (Å²) >= 11 is 0. The minimum atomic E-state index is -4.75. The molecule has 2 rings (SSSR count). The molecule has 2 aromatic rings. The van der Waals surface area contributed by atoms with Crippen LogP contribution in [0.5, 0.6) is 5.75 Å². The van der Waals surface area contributed by atoms with Crippen molar-refractivity contribution in [1.82, 2.24) is 0 Å². The Morgan fingerprint density at radius 1 is 0.905 bits per heavy atom. The standard InChI is InChI=1S/C14H10F5NO/c15-11-2-1-3-12(16)13(11)20-8-9-4-6-10(7-5-9)21-14(17,18)19/h1-7,20H,8H2. The van der Waals surface area contributed by atoms with Crippen LogP contribution in [-0.4, -0.2) is 6.36 Å². The lowest BCUT2D eigenvalue weighted by Crippen LogP contribution is -2.17. The first-order valence-electron chi connectivity index (χ1n) is 5.88. The van der Waals surface area contributed by atoms with Gasteiger partial charge in [0.1, 0.15) is 23.1 Å². The van der Waals surface area contributed by atoms with Crippen molar-refractivity contribution in [3.8, 4) is 5.75 Å². The van der Waals surface area contributed by atoms with E-state index in [0.717, 1.165) is 24.3 Å². The van der Waals surface area contributed by atoms with Gasteiger partial charge in [-0.05, 0) is 29.8 Å². The number of rotatable bonds is 4. The van der Waals surface area contributed by atoms with Crippen LogP contribution in [-0.2, 0) is 6.54 Å². The summed E-state index contributed by atoms with van der Waals surface area (Å²) in [6.45, 7) is 0.0597. The van der Waals surface area contributed by atoms with Gasteiger partial charge in [-0.1, -0.05) is 18.2 Å². The van der Waals surface area contributed by atoms with E-state index in [4.69, 9.17) is 0 Å². The van der Waals surface area contributed by atoms with Crippen molar-refractivity contribution in [1.29, 1.82) is 0 Å². The van der Waals surface area contributed by atoms with Gasteiger partial charge in [0.15, 0.2) is 0 Å². The van der Waals surface area contributed by atoms with Crippen LogP contribution in [0, 0.1) is 11.6 Å². The first kappa shape index (κ1) is 15.1. The average Bonchev–Trinajstić information content (AvgIpc) is 2.38. The Morgan fingerprint density at radius 3 is 2.00 bits per heavy atom. The van der Waals surface area contributed by atoms with Crippen LogP contribution in [0.25, 0.3) is 0 Å². The summed E-state index contributed by atoms with van der Waals surface area (Å²) in [5.41, 5.74) is 0.264. The molecule has 2 aromatic carbocycles. The van der Waals surface area contributed by atoms with E-state index in [-0.39, 0.29) is 18.0 Å². The second kappa shape index (κ2) is 5.99. The van der Waals surface area contributed by atoms with Gasteiger partial charge < -0.3 is 10.1 Å². The lowest BCUT2D eigenvalue weighted by molar-refractivity contribution is -0.274. The van der Waals surface area contributed by atoms with Crippen LogP contribution in [0.4, 0.5) is 27.6 Å². The van der Waals surface area contributed by atoms with Crippen molar-refractivity contribution in [2.45, 2.75) is 12.9 Å². The number of halogens is 5. The minimum Gasteiger partial charge on any atom is -0.406 e. The highest BCUT2D eigenvalue weighted by Gasteiger charge is 2.30. The van der Waals surface area contributed by atoms with Gasteiger partial charge in [-0.25, -0.2) is 8.78 Å². The molecule has 0 unspecified atom stereocenters. The Balaban J connectivity index is 2.01. The molecule has 0 saturated heterocycles. The van der Waals surface area contributed by atoms with Crippen molar-refractivity contribution in [3.05, 3.63) is 59.7 Å². The number of para-hydroxylation sites is 1. The summed E-state index contributed by atoms with van der Waals surface area (Å²) in [5.74, 6) is -1.85. The van der Waals surface area contributed by atoms with Crippen molar-refractivity contribution in [3.63, 3.8) is 0 Å². The van der Waals surface area contributed by atoms with Crippen LogP contribution in [0.1, 0.15) is 5.56 Å². The molecule has 0 radical (unpaired) electrons. The molecule has 2 nitrogen and oxygen atoms in total. The molecule has 0 saturated carbocycles. The topological polar surface area (TPSA) is 21.3 Å². The normalized spacial score (nSPS) is 11.3. The Hall–Kier alpha value is -2.31. The highest BCUT2D eigenvalue weighted by Crippen LogP contribution is 2.23. The summed E-state index contributed by atoms with van der Waals surface area (Å²) in [5, 5.41) is 2.55. The van der Waals surface area contributed by atoms with Gasteiger partial charge >= 0.3 is 6.36 Å². The fraction of sp³-hybridized carbons (Fsp3) is 0.143. The highest BCUT2D eigenvalue weighted by molar-refractivity contribution is 5.46. The SMILES string of the molecule is Fc1cccc(F)c1NCc1ccc(OC(F)(F)F)cc1. The molecule has 0 amide bonds. The van der Waals surface area contributed by atoms with Gasteiger partial charge in [-0.3, -0.25) is 0 Å². The molecule has 0 atom stereocenters. The molecule has 0 spiro atoms. The quantitative estimate of drug-likeness (QED) is 0.841. The molecule has 0 aliphatic rings. The second-order valence-corrected chi connectivity index (χ2v) is 4.14. The lowest BCUT2D eigenvalue weighted by atomic mass is 10.2. The second-order valence-electron chi connectivity index (χ2n) is 4.14. The summed E-state index contributed by atoms with van der Waals surface area (Å²) in [4.78, 5) is 0.